The smallest absolute Gasteiger partial charge is 0.355 e. The average molecular weight is 356 g/mol. The highest BCUT2D eigenvalue weighted by atomic mass is 19.4. The van der Waals surface area contributed by atoms with Crippen LogP contribution in [0.1, 0.15) is 23.6 Å². The van der Waals surface area contributed by atoms with E-state index in [2.05, 4.69) is 21.9 Å². The fourth-order valence-electron chi connectivity index (χ4n) is 2.61. The fourth-order valence-corrected chi connectivity index (χ4v) is 2.61. The summed E-state index contributed by atoms with van der Waals surface area (Å²) >= 11 is 0. The summed E-state index contributed by atoms with van der Waals surface area (Å²) in [4.78, 5) is 32.8. The normalized spacial score (nSPS) is 17.7. The van der Waals surface area contributed by atoms with Crippen molar-refractivity contribution in [3.05, 3.63) is 35.9 Å². The molecule has 0 spiro atoms. The third-order valence-electron chi connectivity index (χ3n) is 3.77. The largest absolute Gasteiger partial charge is 0.433 e. The van der Waals surface area contributed by atoms with Gasteiger partial charge in [-0.2, -0.15) is 13.2 Å². The molecule has 2 amide bonds. The molecule has 25 heavy (non-hydrogen) atoms. The van der Waals surface area contributed by atoms with Crippen molar-refractivity contribution in [2.45, 2.75) is 25.9 Å². The highest BCUT2D eigenvalue weighted by Gasteiger charge is 2.34. The van der Waals surface area contributed by atoms with Crippen molar-refractivity contribution in [2.75, 3.05) is 19.6 Å². The van der Waals surface area contributed by atoms with E-state index in [4.69, 9.17) is 0 Å². The van der Waals surface area contributed by atoms with Crippen LogP contribution in [0.2, 0.25) is 0 Å². The molecular formula is C16H19F3N4O2. The lowest BCUT2D eigenvalue weighted by molar-refractivity contribution is -0.141. The SMILES string of the molecule is C=CCN1CC(C(=O)NCCc2nc(C)cc(C(F)(F)F)n2)CC1=O. The number of nitrogens with zero attached hydrogens (tertiary/aromatic N) is 3. The lowest BCUT2D eigenvalue weighted by atomic mass is 10.1. The van der Waals surface area contributed by atoms with Gasteiger partial charge in [-0.05, 0) is 13.0 Å². The number of likely N-dealkylation sites (tertiary alicyclic amines) is 1. The maximum absolute atomic E-state index is 12.7. The van der Waals surface area contributed by atoms with Gasteiger partial charge in [0.25, 0.3) is 0 Å². The molecule has 0 saturated carbocycles. The monoisotopic (exact) mass is 356 g/mol. The average Bonchev–Trinajstić information content (AvgIpc) is 2.87. The molecule has 0 radical (unpaired) electrons. The number of amides is 2. The van der Waals surface area contributed by atoms with E-state index in [9.17, 15) is 22.8 Å². The predicted octanol–water partition coefficient (Wildman–Crippen LogP) is 1.50. The number of aromatic nitrogens is 2. The van der Waals surface area contributed by atoms with Gasteiger partial charge in [0.05, 0.1) is 5.92 Å². The molecule has 6 nitrogen and oxygen atoms in total. The van der Waals surface area contributed by atoms with Gasteiger partial charge in [0.1, 0.15) is 11.5 Å². The minimum Gasteiger partial charge on any atom is -0.355 e. The maximum Gasteiger partial charge on any atom is 0.433 e. The summed E-state index contributed by atoms with van der Waals surface area (Å²) in [5, 5.41) is 2.63. The Labute approximate surface area is 143 Å². The molecule has 9 heteroatoms. The third kappa shape index (κ3) is 5.01. The molecule has 1 unspecified atom stereocenters. The van der Waals surface area contributed by atoms with E-state index in [1.54, 1.807) is 6.08 Å². The molecule has 1 fully saturated rings. The van der Waals surface area contributed by atoms with Crippen LogP contribution in [-0.2, 0) is 22.2 Å². The maximum atomic E-state index is 12.7. The van der Waals surface area contributed by atoms with Gasteiger partial charge in [-0.3, -0.25) is 9.59 Å². The molecule has 1 saturated heterocycles. The lowest BCUT2D eigenvalue weighted by Crippen LogP contribution is -2.34. The Bertz CT molecular complexity index is 676. The van der Waals surface area contributed by atoms with Gasteiger partial charge in [0.15, 0.2) is 0 Å². The highest BCUT2D eigenvalue weighted by molar-refractivity contribution is 5.89. The number of hydrogen-bond acceptors (Lipinski definition) is 4. The van der Waals surface area contributed by atoms with Crippen LogP contribution in [0.5, 0.6) is 0 Å². The van der Waals surface area contributed by atoms with Crippen molar-refractivity contribution in [3.8, 4) is 0 Å². The van der Waals surface area contributed by atoms with E-state index in [0.717, 1.165) is 6.07 Å². The van der Waals surface area contributed by atoms with Crippen molar-refractivity contribution in [1.82, 2.24) is 20.2 Å². The van der Waals surface area contributed by atoms with Crippen molar-refractivity contribution >= 4 is 11.8 Å². The molecule has 1 aromatic rings. The molecule has 136 valence electrons. The molecular weight excluding hydrogens is 337 g/mol. The Morgan fingerprint density at radius 3 is 2.84 bits per heavy atom. The summed E-state index contributed by atoms with van der Waals surface area (Å²) in [6.45, 7) is 5.82. The zero-order valence-electron chi connectivity index (χ0n) is 13.8. The van der Waals surface area contributed by atoms with Crippen LogP contribution in [0.4, 0.5) is 13.2 Å². The summed E-state index contributed by atoms with van der Waals surface area (Å²) in [6, 6.07) is 0.875. The zero-order chi connectivity index (χ0) is 18.6. The summed E-state index contributed by atoms with van der Waals surface area (Å²) in [5.74, 6) is -0.861. The van der Waals surface area contributed by atoms with Crippen molar-refractivity contribution in [2.24, 2.45) is 5.92 Å². The van der Waals surface area contributed by atoms with E-state index in [-0.39, 0.29) is 42.7 Å². The number of carbonyl (C=O) groups excluding carboxylic acids is 2. The van der Waals surface area contributed by atoms with E-state index < -0.39 is 17.8 Å². The highest BCUT2D eigenvalue weighted by Crippen LogP contribution is 2.27. The van der Waals surface area contributed by atoms with Gasteiger partial charge >= 0.3 is 6.18 Å². The van der Waals surface area contributed by atoms with Gasteiger partial charge < -0.3 is 10.2 Å². The predicted molar refractivity (Wildman–Crippen MR) is 83.4 cm³/mol. The Morgan fingerprint density at radius 1 is 1.48 bits per heavy atom. The van der Waals surface area contributed by atoms with Gasteiger partial charge in [0, 0.05) is 38.2 Å². The van der Waals surface area contributed by atoms with Crippen LogP contribution in [-0.4, -0.2) is 46.3 Å². The Hall–Kier alpha value is -2.45. The van der Waals surface area contributed by atoms with Gasteiger partial charge in [-0.1, -0.05) is 6.08 Å². The van der Waals surface area contributed by atoms with Crippen LogP contribution in [0.3, 0.4) is 0 Å². The quantitative estimate of drug-likeness (QED) is 0.784. The Morgan fingerprint density at radius 2 is 2.20 bits per heavy atom. The number of nitrogens with one attached hydrogen (secondary N) is 1. The second-order valence-corrected chi connectivity index (χ2v) is 5.84. The van der Waals surface area contributed by atoms with Crippen LogP contribution < -0.4 is 5.32 Å². The standard InChI is InChI=1S/C16H19F3N4O2/c1-3-6-23-9-11(8-14(23)24)15(25)20-5-4-13-21-10(2)7-12(22-13)16(17,18)19/h3,7,11H,1,4-6,8-9H2,2H3,(H,20,25). The topological polar surface area (TPSA) is 75.2 Å². The molecule has 0 bridgehead atoms. The molecule has 2 rings (SSSR count). The van der Waals surface area contributed by atoms with E-state index >= 15 is 0 Å². The Balaban J connectivity index is 1.89. The summed E-state index contributed by atoms with van der Waals surface area (Å²) in [5.41, 5.74) is -0.784. The van der Waals surface area contributed by atoms with E-state index in [1.807, 2.05) is 0 Å². The minimum atomic E-state index is -4.54. The molecule has 2 heterocycles. The molecule has 1 atom stereocenters. The number of hydrogen-bond donors (Lipinski definition) is 1. The minimum absolute atomic E-state index is 0.0170. The number of carbonyl (C=O) groups is 2. The van der Waals surface area contributed by atoms with Gasteiger partial charge in [-0.25, -0.2) is 9.97 Å². The Kier molecular flexibility index (Phi) is 5.76. The zero-order valence-corrected chi connectivity index (χ0v) is 13.8. The molecule has 1 aromatic heterocycles. The summed E-state index contributed by atoms with van der Waals surface area (Å²) in [7, 11) is 0. The molecule has 1 N–H and O–H groups in total. The second kappa shape index (κ2) is 7.62. The molecule has 0 aromatic carbocycles. The number of aryl methyl sites for hydroxylation is 1. The fraction of sp³-hybridized carbons (Fsp3) is 0.500. The van der Waals surface area contributed by atoms with Crippen LogP contribution >= 0.6 is 0 Å². The number of rotatable bonds is 6. The number of alkyl halides is 3. The molecule has 1 aliphatic rings. The van der Waals surface area contributed by atoms with Crippen LogP contribution in [0.15, 0.2) is 18.7 Å². The summed E-state index contributed by atoms with van der Waals surface area (Å²) in [6.07, 6.45) is -2.75. The van der Waals surface area contributed by atoms with Crippen molar-refractivity contribution < 1.29 is 22.8 Å². The first kappa shape index (κ1) is 18.9. The second-order valence-electron chi connectivity index (χ2n) is 5.84. The van der Waals surface area contributed by atoms with E-state index in [0.29, 0.717) is 13.1 Å². The van der Waals surface area contributed by atoms with Crippen LogP contribution in [0, 0.1) is 12.8 Å². The molecule has 1 aliphatic heterocycles. The number of halogens is 3. The van der Waals surface area contributed by atoms with Gasteiger partial charge in [0.2, 0.25) is 11.8 Å². The van der Waals surface area contributed by atoms with Crippen molar-refractivity contribution in [1.29, 1.82) is 0 Å². The van der Waals surface area contributed by atoms with Crippen molar-refractivity contribution in [3.63, 3.8) is 0 Å². The first-order valence-electron chi connectivity index (χ1n) is 7.79. The van der Waals surface area contributed by atoms with E-state index in [1.165, 1.54) is 11.8 Å². The first-order valence-corrected chi connectivity index (χ1v) is 7.79. The third-order valence-corrected chi connectivity index (χ3v) is 3.77. The van der Waals surface area contributed by atoms with Crippen LogP contribution in [0.25, 0.3) is 0 Å². The molecule has 0 aliphatic carbocycles. The summed E-state index contributed by atoms with van der Waals surface area (Å²) < 4.78 is 38.2. The van der Waals surface area contributed by atoms with Gasteiger partial charge in [-0.15, -0.1) is 6.58 Å². The lowest BCUT2D eigenvalue weighted by Gasteiger charge is -2.14. The first-order chi connectivity index (χ1) is 11.7.